The molecule has 252 valence electrons. The van der Waals surface area contributed by atoms with Crippen molar-refractivity contribution in [3.05, 3.63) is 106 Å². The fourth-order valence-electron chi connectivity index (χ4n) is 7.75. The topological polar surface area (TPSA) is 35.6 Å². The molecule has 0 aliphatic heterocycles. The van der Waals surface area contributed by atoms with E-state index in [1.807, 2.05) is 12.1 Å². The third-order valence-electron chi connectivity index (χ3n) is 10.3. The van der Waals surface area contributed by atoms with Crippen LogP contribution in [0.3, 0.4) is 0 Å². The smallest absolute Gasteiger partial charge is 0.105 e. The van der Waals surface area contributed by atoms with E-state index in [1.165, 1.54) is 95.0 Å². The maximum absolute atomic E-state index is 5.40. The molecule has 0 aliphatic carbocycles. The zero-order valence-electron chi connectivity index (χ0n) is 28.9. The van der Waals surface area contributed by atoms with E-state index in [0.717, 1.165) is 55.6 Å². The Morgan fingerprint density at radius 3 is 1.32 bits per heavy atom. The SMILES string of the molecule is CCCCCCn1c2ccccc2c2cc(-c3nc4c(Br)ccc(Br)c4nc3-c3ccc4c(c3)c3ccccc3n4CCCCCC)ccc21. The van der Waals surface area contributed by atoms with Gasteiger partial charge in [0.25, 0.3) is 0 Å². The highest BCUT2D eigenvalue weighted by molar-refractivity contribution is 9.11. The van der Waals surface area contributed by atoms with Gasteiger partial charge in [0.1, 0.15) is 11.0 Å². The Labute approximate surface area is 310 Å². The Hall–Kier alpha value is -4.00. The monoisotopic (exact) mass is 784 g/mol. The largest absolute Gasteiger partial charge is 0.340 e. The molecule has 0 amide bonds. The molecule has 0 saturated heterocycles. The van der Waals surface area contributed by atoms with Gasteiger partial charge in [-0.25, -0.2) is 9.97 Å². The Kier molecular flexibility index (Phi) is 9.50. The van der Waals surface area contributed by atoms with Gasteiger partial charge in [-0.05, 0) is 93.2 Å². The van der Waals surface area contributed by atoms with Crippen LogP contribution < -0.4 is 0 Å². The molecule has 0 radical (unpaired) electrons. The van der Waals surface area contributed by atoms with Crippen molar-refractivity contribution in [1.82, 2.24) is 19.1 Å². The molecule has 0 atom stereocenters. The molecule has 5 aromatic carbocycles. The van der Waals surface area contributed by atoms with Crippen LogP contribution in [0.25, 0.3) is 77.2 Å². The third-order valence-corrected chi connectivity index (χ3v) is 11.6. The molecular formula is C44H42Br2N4. The van der Waals surface area contributed by atoms with Crippen LogP contribution in [0.15, 0.2) is 106 Å². The average molecular weight is 787 g/mol. The number of nitrogens with zero attached hydrogens (tertiary/aromatic N) is 4. The Bertz CT molecular complexity index is 2330. The minimum absolute atomic E-state index is 0.848. The average Bonchev–Trinajstić information content (AvgIpc) is 3.64. The van der Waals surface area contributed by atoms with Gasteiger partial charge in [0.15, 0.2) is 0 Å². The number of aromatic nitrogens is 4. The molecule has 4 nitrogen and oxygen atoms in total. The molecule has 8 rings (SSSR count). The van der Waals surface area contributed by atoms with Gasteiger partial charge in [-0.15, -0.1) is 0 Å². The van der Waals surface area contributed by atoms with Crippen LogP contribution in [0.2, 0.25) is 0 Å². The van der Waals surface area contributed by atoms with E-state index in [4.69, 9.17) is 9.97 Å². The lowest BCUT2D eigenvalue weighted by atomic mass is 10.00. The first-order valence-electron chi connectivity index (χ1n) is 18.3. The van der Waals surface area contributed by atoms with E-state index in [1.54, 1.807) is 0 Å². The van der Waals surface area contributed by atoms with E-state index in [-0.39, 0.29) is 0 Å². The summed E-state index contributed by atoms with van der Waals surface area (Å²) in [5.41, 5.74) is 10.8. The molecule has 0 bridgehead atoms. The number of para-hydroxylation sites is 2. The first-order chi connectivity index (χ1) is 24.6. The lowest BCUT2D eigenvalue weighted by molar-refractivity contribution is 0.602. The summed E-state index contributed by atoms with van der Waals surface area (Å²) in [4.78, 5) is 10.8. The highest BCUT2D eigenvalue weighted by Gasteiger charge is 2.20. The molecule has 6 heteroatoms. The number of rotatable bonds is 12. The van der Waals surface area contributed by atoms with E-state index in [0.29, 0.717) is 0 Å². The molecule has 0 saturated carbocycles. The molecular weight excluding hydrogens is 744 g/mol. The summed E-state index contributed by atoms with van der Waals surface area (Å²) in [6.45, 7) is 6.60. The number of fused-ring (bicyclic) bond motifs is 7. The number of benzene rings is 5. The summed E-state index contributed by atoms with van der Waals surface area (Å²) < 4.78 is 6.89. The fraction of sp³-hybridized carbons (Fsp3) is 0.273. The van der Waals surface area contributed by atoms with Crippen LogP contribution in [-0.2, 0) is 13.1 Å². The van der Waals surface area contributed by atoms with Gasteiger partial charge in [0.05, 0.1) is 11.4 Å². The first-order valence-corrected chi connectivity index (χ1v) is 19.8. The quantitative estimate of drug-likeness (QED) is 0.116. The lowest BCUT2D eigenvalue weighted by Gasteiger charge is -2.14. The van der Waals surface area contributed by atoms with Crippen molar-refractivity contribution in [3.63, 3.8) is 0 Å². The minimum atomic E-state index is 0.848. The second-order valence-electron chi connectivity index (χ2n) is 13.6. The summed E-state index contributed by atoms with van der Waals surface area (Å²) in [7, 11) is 0. The molecule has 3 heterocycles. The van der Waals surface area contributed by atoms with Gasteiger partial charge >= 0.3 is 0 Å². The van der Waals surface area contributed by atoms with Crippen molar-refractivity contribution in [1.29, 1.82) is 0 Å². The maximum Gasteiger partial charge on any atom is 0.105 e. The fourth-order valence-corrected chi connectivity index (χ4v) is 8.57. The zero-order chi connectivity index (χ0) is 34.2. The summed E-state index contributed by atoms with van der Waals surface area (Å²) in [5, 5.41) is 5.09. The molecule has 50 heavy (non-hydrogen) atoms. The van der Waals surface area contributed by atoms with Crippen molar-refractivity contribution in [2.24, 2.45) is 0 Å². The van der Waals surface area contributed by atoms with Gasteiger partial charge < -0.3 is 9.13 Å². The molecule has 3 aromatic heterocycles. The second-order valence-corrected chi connectivity index (χ2v) is 15.3. The van der Waals surface area contributed by atoms with Crippen molar-refractivity contribution >= 4 is 86.5 Å². The number of aryl methyl sites for hydroxylation is 2. The Morgan fingerprint density at radius 2 is 0.880 bits per heavy atom. The normalized spacial score (nSPS) is 12.0. The van der Waals surface area contributed by atoms with Crippen LogP contribution in [0.4, 0.5) is 0 Å². The molecule has 0 aliphatic rings. The zero-order valence-corrected chi connectivity index (χ0v) is 32.0. The van der Waals surface area contributed by atoms with Gasteiger partial charge in [0.2, 0.25) is 0 Å². The van der Waals surface area contributed by atoms with Crippen LogP contribution in [-0.4, -0.2) is 19.1 Å². The third kappa shape index (κ3) is 5.94. The molecule has 8 aromatic rings. The lowest BCUT2D eigenvalue weighted by Crippen LogP contribution is -1.99. The van der Waals surface area contributed by atoms with Crippen molar-refractivity contribution < 1.29 is 0 Å². The summed E-state index contributed by atoms with van der Waals surface area (Å²) in [6, 6.07) is 35.5. The van der Waals surface area contributed by atoms with Crippen LogP contribution in [0, 0.1) is 0 Å². The highest BCUT2D eigenvalue weighted by atomic mass is 79.9. The van der Waals surface area contributed by atoms with Gasteiger partial charge in [0, 0.05) is 76.8 Å². The van der Waals surface area contributed by atoms with Crippen LogP contribution in [0.5, 0.6) is 0 Å². The van der Waals surface area contributed by atoms with E-state index in [2.05, 4.69) is 140 Å². The predicted molar refractivity (Wildman–Crippen MR) is 220 cm³/mol. The number of hydrogen-bond acceptors (Lipinski definition) is 2. The summed E-state index contributed by atoms with van der Waals surface area (Å²) >= 11 is 7.59. The minimum Gasteiger partial charge on any atom is -0.340 e. The highest BCUT2D eigenvalue weighted by Crippen LogP contribution is 2.40. The van der Waals surface area contributed by atoms with E-state index in [9.17, 15) is 0 Å². The molecule has 0 unspecified atom stereocenters. The van der Waals surface area contributed by atoms with Crippen LogP contribution in [0.1, 0.15) is 65.2 Å². The second kappa shape index (κ2) is 14.3. The molecule has 0 N–H and O–H groups in total. The number of hydrogen-bond donors (Lipinski definition) is 0. The van der Waals surface area contributed by atoms with Crippen LogP contribution >= 0.6 is 31.9 Å². The maximum atomic E-state index is 5.40. The molecule has 0 spiro atoms. The van der Waals surface area contributed by atoms with Gasteiger partial charge in [-0.1, -0.05) is 101 Å². The van der Waals surface area contributed by atoms with Gasteiger partial charge in [-0.2, -0.15) is 0 Å². The van der Waals surface area contributed by atoms with Crippen molar-refractivity contribution in [2.75, 3.05) is 0 Å². The van der Waals surface area contributed by atoms with Crippen molar-refractivity contribution in [2.45, 2.75) is 78.3 Å². The Morgan fingerprint density at radius 1 is 0.460 bits per heavy atom. The van der Waals surface area contributed by atoms with E-state index >= 15 is 0 Å². The standard InChI is InChI=1S/C44H42Br2N4/c1-3-5-7-13-25-49-37-17-11-9-15-31(37)33-27-29(19-23-39(33)49)41-42(48-44-36(46)22-21-35(45)43(44)47-41)30-20-24-40-34(28-30)32-16-10-12-18-38(32)50(40)26-14-8-6-4-2/h9-12,15-24,27-28H,3-8,13-14,25-26H2,1-2H3. The van der Waals surface area contributed by atoms with E-state index < -0.39 is 0 Å². The first kappa shape index (κ1) is 33.2. The van der Waals surface area contributed by atoms with Gasteiger partial charge in [-0.3, -0.25) is 0 Å². The summed E-state index contributed by atoms with van der Waals surface area (Å²) in [5.74, 6) is 0. The predicted octanol–water partition coefficient (Wildman–Crippen LogP) is 13.9. The number of unbranched alkanes of at least 4 members (excludes halogenated alkanes) is 6. The summed E-state index contributed by atoms with van der Waals surface area (Å²) in [6.07, 6.45) is 9.92. The Balaban J connectivity index is 1.32. The van der Waals surface area contributed by atoms with Crippen molar-refractivity contribution in [3.8, 4) is 22.5 Å². The number of halogens is 2. The molecule has 0 fully saturated rings.